The zero-order chi connectivity index (χ0) is 17.0. The van der Waals surface area contributed by atoms with Crippen molar-refractivity contribution in [2.75, 3.05) is 18.8 Å². The molecule has 0 N–H and O–H groups in total. The van der Waals surface area contributed by atoms with Crippen LogP contribution in [0.3, 0.4) is 0 Å². The summed E-state index contributed by atoms with van der Waals surface area (Å²) >= 11 is 1.66. The predicted octanol–water partition coefficient (Wildman–Crippen LogP) is 3.22. The Morgan fingerprint density at radius 3 is 2.57 bits per heavy atom. The van der Waals surface area contributed by atoms with Crippen LogP contribution >= 0.6 is 11.8 Å². The molecule has 1 atom stereocenters. The molecular formula is C18H26N2O2S. The van der Waals surface area contributed by atoms with E-state index in [4.69, 9.17) is 0 Å². The molecule has 0 saturated carbocycles. The number of carbonyl (C=O) groups is 2. The Labute approximate surface area is 143 Å². The van der Waals surface area contributed by atoms with Crippen LogP contribution in [0.1, 0.15) is 43.7 Å². The van der Waals surface area contributed by atoms with Crippen LogP contribution in [0, 0.1) is 6.92 Å². The first-order chi connectivity index (χ1) is 10.9. The van der Waals surface area contributed by atoms with Gasteiger partial charge in [0.25, 0.3) is 0 Å². The maximum absolute atomic E-state index is 12.2. The summed E-state index contributed by atoms with van der Waals surface area (Å²) in [6.07, 6.45) is 0.502. The maximum atomic E-state index is 12.2. The summed E-state index contributed by atoms with van der Waals surface area (Å²) in [5.41, 5.74) is 2.37. The van der Waals surface area contributed by atoms with Gasteiger partial charge in [-0.25, -0.2) is 0 Å². The van der Waals surface area contributed by atoms with E-state index in [-0.39, 0.29) is 23.2 Å². The van der Waals surface area contributed by atoms with Crippen molar-refractivity contribution in [1.29, 1.82) is 0 Å². The highest BCUT2D eigenvalue weighted by Crippen LogP contribution is 2.38. The molecule has 1 aromatic carbocycles. The van der Waals surface area contributed by atoms with Gasteiger partial charge in [-0.1, -0.05) is 36.8 Å². The second-order valence-corrected chi connectivity index (χ2v) is 7.26. The van der Waals surface area contributed by atoms with Gasteiger partial charge in [-0.3, -0.25) is 9.59 Å². The van der Waals surface area contributed by atoms with Gasteiger partial charge in [-0.2, -0.15) is 0 Å². The highest BCUT2D eigenvalue weighted by atomic mass is 32.2. The number of hydrogen-bond acceptors (Lipinski definition) is 3. The highest BCUT2D eigenvalue weighted by Gasteiger charge is 2.33. The van der Waals surface area contributed by atoms with E-state index in [2.05, 4.69) is 31.2 Å². The van der Waals surface area contributed by atoms with E-state index in [0.717, 1.165) is 5.56 Å². The Bertz CT molecular complexity index is 557. The SMILES string of the molecule is CCC(=O)N(CCN1C(=O)CS[C@@H]1c1ccc(C)cc1)C(C)C. The fourth-order valence-corrected chi connectivity index (χ4v) is 4.01. The monoisotopic (exact) mass is 334 g/mol. The van der Waals surface area contributed by atoms with Gasteiger partial charge in [0, 0.05) is 25.6 Å². The van der Waals surface area contributed by atoms with Crippen LogP contribution in [0.15, 0.2) is 24.3 Å². The number of rotatable bonds is 6. The molecule has 5 heteroatoms. The molecule has 2 rings (SSSR count). The molecular weight excluding hydrogens is 308 g/mol. The molecule has 1 fully saturated rings. The van der Waals surface area contributed by atoms with E-state index in [9.17, 15) is 9.59 Å². The van der Waals surface area contributed by atoms with Gasteiger partial charge in [0.2, 0.25) is 11.8 Å². The average molecular weight is 334 g/mol. The quantitative estimate of drug-likeness (QED) is 0.802. The summed E-state index contributed by atoms with van der Waals surface area (Å²) in [7, 11) is 0. The first kappa shape index (κ1) is 17.9. The van der Waals surface area contributed by atoms with Crippen molar-refractivity contribution in [2.45, 2.75) is 45.5 Å². The lowest BCUT2D eigenvalue weighted by Crippen LogP contribution is -2.43. The Kier molecular flexibility index (Phi) is 6.10. The number of carbonyl (C=O) groups excluding carboxylic acids is 2. The van der Waals surface area contributed by atoms with Gasteiger partial charge >= 0.3 is 0 Å². The summed E-state index contributed by atoms with van der Waals surface area (Å²) in [5.74, 6) is 0.821. The third-order valence-electron chi connectivity index (χ3n) is 4.16. The number of hydrogen-bond donors (Lipinski definition) is 0. The number of thioether (sulfide) groups is 1. The van der Waals surface area contributed by atoms with Crippen LogP contribution in [0.4, 0.5) is 0 Å². The molecule has 4 nitrogen and oxygen atoms in total. The molecule has 126 valence electrons. The van der Waals surface area contributed by atoms with E-state index in [0.29, 0.717) is 25.3 Å². The minimum atomic E-state index is 0.0637. The number of benzene rings is 1. The molecule has 1 aliphatic heterocycles. The van der Waals surface area contributed by atoms with Crippen molar-refractivity contribution in [1.82, 2.24) is 9.80 Å². The van der Waals surface area contributed by atoms with Crippen LogP contribution in [0.5, 0.6) is 0 Å². The number of aryl methyl sites for hydroxylation is 1. The van der Waals surface area contributed by atoms with E-state index >= 15 is 0 Å². The van der Waals surface area contributed by atoms with Gasteiger partial charge in [-0.15, -0.1) is 11.8 Å². The summed E-state index contributed by atoms with van der Waals surface area (Å²) in [6.45, 7) is 9.17. The van der Waals surface area contributed by atoms with E-state index in [1.165, 1.54) is 5.56 Å². The first-order valence-electron chi connectivity index (χ1n) is 8.21. The van der Waals surface area contributed by atoms with Crippen molar-refractivity contribution < 1.29 is 9.59 Å². The number of amides is 2. The second-order valence-electron chi connectivity index (χ2n) is 6.20. The van der Waals surface area contributed by atoms with Crippen LogP contribution in [0.2, 0.25) is 0 Å². The summed E-state index contributed by atoms with van der Waals surface area (Å²) in [4.78, 5) is 28.1. The fraction of sp³-hybridized carbons (Fsp3) is 0.556. The normalized spacial score (nSPS) is 17.9. The zero-order valence-corrected chi connectivity index (χ0v) is 15.2. The van der Waals surface area contributed by atoms with Crippen molar-refractivity contribution in [2.24, 2.45) is 0 Å². The molecule has 2 amide bonds. The van der Waals surface area contributed by atoms with Crippen molar-refractivity contribution in [3.8, 4) is 0 Å². The van der Waals surface area contributed by atoms with Crippen molar-refractivity contribution >= 4 is 23.6 Å². The largest absolute Gasteiger partial charge is 0.339 e. The van der Waals surface area contributed by atoms with Gasteiger partial charge in [0.1, 0.15) is 5.37 Å². The van der Waals surface area contributed by atoms with Crippen LogP contribution in [0.25, 0.3) is 0 Å². The lowest BCUT2D eigenvalue weighted by Gasteiger charge is -2.31. The molecule has 23 heavy (non-hydrogen) atoms. The Balaban J connectivity index is 2.08. The maximum Gasteiger partial charge on any atom is 0.233 e. The van der Waals surface area contributed by atoms with Gasteiger partial charge in [-0.05, 0) is 26.3 Å². The third kappa shape index (κ3) is 4.28. The minimum absolute atomic E-state index is 0.0637. The highest BCUT2D eigenvalue weighted by molar-refractivity contribution is 8.00. The third-order valence-corrected chi connectivity index (χ3v) is 5.41. The van der Waals surface area contributed by atoms with Crippen molar-refractivity contribution in [3.05, 3.63) is 35.4 Å². The lowest BCUT2D eigenvalue weighted by molar-refractivity contribution is -0.135. The Morgan fingerprint density at radius 1 is 1.35 bits per heavy atom. The Hall–Kier alpha value is -1.49. The molecule has 0 bridgehead atoms. The molecule has 0 aliphatic carbocycles. The topological polar surface area (TPSA) is 40.6 Å². The number of nitrogens with zero attached hydrogens (tertiary/aromatic N) is 2. The lowest BCUT2D eigenvalue weighted by atomic mass is 10.1. The minimum Gasteiger partial charge on any atom is -0.339 e. The molecule has 1 heterocycles. The molecule has 0 spiro atoms. The standard InChI is InChI=1S/C18H26N2O2S/c1-5-16(21)19(13(2)3)10-11-20-17(22)12-23-18(20)15-8-6-14(4)7-9-15/h6-9,13,18H,5,10-12H2,1-4H3/t18-/m1/s1. The van der Waals surface area contributed by atoms with Crippen molar-refractivity contribution in [3.63, 3.8) is 0 Å². The second kappa shape index (κ2) is 7.86. The molecule has 1 aromatic rings. The average Bonchev–Trinajstić information content (AvgIpc) is 2.89. The summed E-state index contributed by atoms with van der Waals surface area (Å²) in [5, 5.41) is 0.0637. The zero-order valence-electron chi connectivity index (χ0n) is 14.4. The van der Waals surface area contributed by atoms with Gasteiger partial charge < -0.3 is 9.80 Å². The Morgan fingerprint density at radius 2 is 2.00 bits per heavy atom. The molecule has 0 radical (unpaired) electrons. The van der Waals surface area contributed by atoms with Crippen LogP contribution < -0.4 is 0 Å². The molecule has 1 saturated heterocycles. The molecule has 1 aliphatic rings. The van der Waals surface area contributed by atoms with Gasteiger partial charge in [0.05, 0.1) is 5.75 Å². The van der Waals surface area contributed by atoms with Gasteiger partial charge in [0.15, 0.2) is 0 Å². The summed E-state index contributed by atoms with van der Waals surface area (Å²) in [6, 6.07) is 8.51. The molecule has 0 unspecified atom stereocenters. The van der Waals surface area contributed by atoms with E-state index in [1.54, 1.807) is 11.8 Å². The summed E-state index contributed by atoms with van der Waals surface area (Å²) < 4.78 is 0. The van der Waals surface area contributed by atoms with Crippen LogP contribution in [-0.2, 0) is 9.59 Å². The van der Waals surface area contributed by atoms with E-state index in [1.807, 2.05) is 30.6 Å². The van der Waals surface area contributed by atoms with Crippen LogP contribution in [-0.4, -0.2) is 46.5 Å². The predicted molar refractivity (Wildman–Crippen MR) is 95.2 cm³/mol. The molecule has 0 aromatic heterocycles. The smallest absolute Gasteiger partial charge is 0.233 e. The van der Waals surface area contributed by atoms with E-state index < -0.39 is 0 Å². The first-order valence-corrected chi connectivity index (χ1v) is 9.26. The fourth-order valence-electron chi connectivity index (χ4n) is 2.79.